The first-order chi connectivity index (χ1) is 9.90. The van der Waals surface area contributed by atoms with Crippen LogP contribution in [0.3, 0.4) is 0 Å². The van der Waals surface area contributed by atoms with Gasteiger partial charge >= 0.3 is 0 Å². The van der Waals surface area contributed by atoms with Gasteiger partial charge in [-0.05, 0) is 11.6 Å². The van der Waals surface area contributed by atoms with E-state index >= 15 is 0 Å². The fourth-order valence-corrected chi connectivity index (χ4v) is 1.51. The first kappa shape index (κ1) is 16.4. The summed E-state index contributed by atoms with van der Waals surface area (Å²) in [5.41, 5.74) is 0.948. The first-order valence-corrected chi connectivity index (χ1v) is 6.43. The van der Waals surface area contributed by atoms with Crippen molar-refractivity contribution in [1.29, 1.82) is 0 Å². The van der Waals surface area contributed by atoms with E-state index in [9.17, 15) is 14.4 Å². The van der Waals surface area contributed by atoms with Gasteiger partial charge in [0.2, 0.25) is 11.8 Å². The van der Waals surface area contributed by atoms with Crippen molar-refractivity contribution >= 4 is 23.8 Å². The lowest BCUT2D eigenvalue weighted by molar-refractivity contribution is -0.128. The predicted molar refractivity (Wildman–Crippen MR) is 79.9 cm³/mol. The van der Waals surface area contributed by atoms with Crippen LogP contribution in [0.2, 0.25) is 0 Å². The summed E-state index contributed by atoms with van der Waals surface area (Å²) < 4.78 is 0. The highest BCUT2D eigenvalue weighted by Crippen LogP contribution is 2.06. The highest BCUT2D eigenvalue weighted by Gasteiger charge is 2.15. The molecular formula is C15H19N3O3. The third-order valence-corrected chi connectivity index (χ3v) is 2.52. The van der Waals surface area contributed by atoms with Crippen molar-refractivity contribution < 1.29 is 14.4 Å². The molecule has 0 aliphatic heterocycles. The van der Waals surface area contributed by atoms with Gasteiger partial charge in [-0.2, -0.15) is 0 Å². The molecule has 0 radical (unpaired) electrons. The summed E-state index contributed by atoms with van der Waals surface area (Å²) in [5.74, 6) is -1.09. The maximum absolute atomic E-state index is 12.1. The molecule has 1 aromatic rings. The molecule has 0 unspecified atom stereocenters. The minimum absolute atomic E-state index is 0.154. The fourth-order valence-electron chi connectivity index (χ4n) is 1.51. The van der Waals surface area contributed by atoms with Crippen LogP contribution in [0.4, 0.5) is 0 Å². The van der Waals surface area contributed by atoms with Gasteiger partial charge < -0.3 is 15.5 Å². The summed E-state index contributed by atoms with van der Waals surface area (Å²) in [6, 6.07) is 9.18. The number of nitrogens with zero attached hydrogens (tertiary/aromatic N) is 1. The molecule has 3 amide bonds. The largest absolute Gasteiger partial charge is 0.347 e. The van der Waals surface area contributed by atoms with Crippen LogP contribution < -0.4 is 10.6 Å². The molecule has 0 fully saturated rings. The summed E-state index contributed by atoms with van der Waals surface area (Å²) in [6.45, 7) is 1.14. The Morgan fingerprint density at radius 2 is 1.76 bits per heavy atom. The Hall–Kier alpha value is -2.63. The quantitative estimate of drug-likeness (QED) is 0.769. The average molecular weight is 289 g/mol. The molecule has 21 heavy (non-hydrogen) atoms. The minimum Gasteiger partial charge on any atom is -0.347 e. The van der Waals surface area contributed by atoms with Crippen LogP contribution in [-0.4, -0.2) is 43.3 Å². The van der Waals surface area contributed by atoms with Crippen LogP contribution in [0.25, 0.3) is 6.08 Å². The molecule has 0 saturated carbocycles. The first-order valence-electron chi connectivity index (χ1n) is 6.43. The molecule has 2 N–H and O–H groups in total. The van der Waals surface area contributed by atoms with E-state index in [2.05, 4.69) is 10.6 Å². The van der Waals surface area contributed by atoms with Gasteiger partial charge in [-0.25, -0.2) is 0 Å². The van der Waals surface area contributed by atoms with Gasteiger partial charge in [0.1, 0.15) is 5.70 Å². The molecule has 0 spiro atoms. The van der Waals surface area contributed by atoms with Crippen molar-refractivity contribution in [3.05, 3.63) is 41.6 Å². The summed E-state index contributed by atoms with van der Waals surface area (Å²) in [5, 5.41) is 4.90. The van der Waals surface area contributed by atoms with Crippen LogP contribution in [-0.2, 0) is 14.4 Å². The summed E-state index contributed by atoms with van der Waals surface area (Å²) in [7, 11) is 3.20. The second kappa shape index (κ2) is 7.84. The number of carbonyl (C=O) groups is 3. The van der Waals surface area contributed by atoms with E-state index in [0.717, 1.165) is 5.56 Å². The predicted octanol–water partition coefficient (Wildman–Crippen LogP) is 0.368. The van der Waals surface area contributed by atoms with Crippen LogP contribution >= 0.6 is 0 Å². The van der Waals surface area contributed by atoms with Crippen LogP contribution in [0.15, 0.2) is 36.0 Å². The third kappa shape index (κ3) is 5.90. The number of carbonyl (C=O) groups excluding carboxylic acids is 3. The SMILES string of the molecule is CC(=O)NCC(=O)N/C(=C/c1ccccc1)C(=O)N(C)C. The third-order valence-electron chi connectivity index (χ3n) is 2.52. The van der Waals surface area contributed by atoms with Crippen molar-refractivity contribution in [3.8, 4) is 0 Å². The highest BCUT2D eigenvalue weighted by molar-refractivity contribution is 6.01. The van der Waals surface area contributed by atoms with Crippen molar-refractivity contribution in [3.63, 3.8) is 0 Å². The number of nitrogens with one attached hydrogen (secondary N) is 2. The fraction of sp³-hybridized carbons (Fsp3) is 0.267. The van der Waals surface area contributed by atoms with Crippen LogP contribution in [0, 0.1) is 0 Å². The molecule has 0 aromatic heterocycles. The molecule has 0 atom stereocenters. The van der Waals surface area contributed by atoms with Gasteiger partial charge in [0.25, 0.3) is 5.91 Å². The zero-order chi connectivity index (χ0) is 15.8. The average Bonchev–Trinajstić information content (AvgIpc) is 2.44. The number of hydrogen-bond acceptors (Lipinski definition) is 3. The van der Waals surface area contributed by atoms with Gasteiger partial charge in [0, 0.05) is 21.0 Å². The van der Waals surface area contributed by atoms with E-state index in [0.29, 0.717) is 0 Å². The molecule has 0 aliphatic carbocycles. The smallest absolute Gasteiger partial charge is 0.269 e. The van der Waals surface area contributed by atoms with Gasteiger partial charge in [-0.15, -0.1) is 0 Å². The number of likely N-dealkylation sites (N-methyl/N-ethyl adjacent to an activating group) is 1. The lowest BCUT2D eigenvalue weighted by Crippen LogP contribution is -2.39. The van der Waals surface area contributed by atoms with Gasteiger partial charge in [-0.3, -0.25) is 14.4 Å². The summed E-state index contributed by atoms with van der Waals surface area (Å²) in [4.78, 5) is 36.0. The molecule has 0 bridgehead atoms. The van der Waals surface area contributed by atoms with Gasteiger partial charge in [0.05, 0.1) is 6.54 Å². The number of hydrogen-bond donors (Lipinski definition) is 2. The Labute approximate surface area is 123 Å². The number of amides is 3. The van der Waals surface area contributed by atoms with E-state index in [1.165, 1.54) is 11.8 Å². The zero-order valence-electron chi connectivity index (χ0n) is 12.3. The Morgan fingerprint density at radius 3 is 2.29 bits per heavy atom. The molecular weight excluding hydrogens is 270 g/mol. The molecule has 112 valence electrons. The van der Waals surface area contributed by atoms with Gasteiger partial charge in [-0.1, -0.05) is 30.3 Å². The summed E-state index contributed by atoms with van der Waals surface area (Å²) in [6.07, 6.45) is 1.59. The Bertz CT molecular complexity index is 551. The van der Waals surface area contributed by atoms with Crippen molar-refractivity contribution in [1.82, 2.24) is 15.5 Å². The zero-order valence-corrected chi connectivity index (χ0v) is 12.3. The molecule has 6 heteroatoms. The van der Waals surface area contributed by atoms with Crippen molar-refractivity contribution in [2.75, 3.05) is 20.6 Å². The second-order valence-corrected chi connectivity index (χ2v) is 4.63. The topological polar surface area (TPSA) is 78.5 Å². The van der Waals surface area contributed by atoms with E-state index in [1.807, 2.05) is 30.3 Å². The number of rotatable bonds is 5. The highest BCUT2D eigenvalue weighted by atomic mass is 16.2. The Morgan fingerprint density at radius 1 is 1.14 bits per heavy atom. The second-order valence-electron chi connectivity index (χ2n) is 4.63. The van der Waals surface area contributed by atoms with E-state index < -0.39 is 5.91 Å². The molecule has 0 aliphatic rings. The Kier molecular flexibility index (Phi) is 6.13. The molecule has 0 saturated heterocycles. The minimum atomic E-state index is -0.456. The standard InChI is InChI=1S/C15H19N3O3/c1-11(19)16-10-14(20)17-13(15(21)18(2)3)9-12-7-5-4-6-8-12/h4-9H,10H2,1-3H3,(H,16,19)(H,17,20)/b13-9+. The van der Waals surface area contributed by atoms with E-state index in [-0.39, 0.29) is 24.1 Å². The van der Waals surface area contributed by atoms with Crippen LogP contribution in [0.5, 0.6) is 0 Å². The normalized spacial score (nSPS) is 10.7. The molecule has 1 aromatic carbocycles. The lowest BCUT2D eigenvalue weighted by Gasteiger charge is -2.15. The maximum Gasteiger partial charge on any atom is 0.269 e. The van der Waals surface area contributed by atoms with Crippen molar-refractivity contribution in [2.24, 2.45) is 0 Å². The summed E-state index contributed by atoms with van der Waals surface area (Å²) >= 11 is 0. The molecule has 6 nitrogen and oxygen atoms in total. The number of benzene rings is 1. The van der Waals surface area contributed by atoms with E-state index in [1.54, 1.807) is 20.2 Å². The van der Waals surface area contributed by atoms with Crippen LogP contribution in [0.1, 0.15) is 12.5 Å². The maximum atomic E-state index is 12.1. The monoisotopic (exact) mass is 289 g/mol. The Balaban J connectivity index is 2.88. The van der Waals surface area contributed by atoms with E-state index in [4.69, 9.17) is 0 Å². The molecule has 0 heterocycles. The van der Waals surface area contributed by atoms with Gasteiger partial charge in [0.15, 0.2) is 0 Å². The lowest BCUT2D eigenvalue weighted by atomic mass is 10.2. The van der Waals surface area contributed by atoms with Crippen molar-refractivity contribution in [2.45, 2.75) is 6.92 Å². The molecule has 1 rings (SSSR count).